The Morgan fingerprint density at radius 3 is 2.87 bits per heavy atom. The van der Waals surface area contributed by atoms with Crippen molar-refractivity contribution in [3.05, 3.63) is 29.8 Å². The fraction of sp³-hybridized carbons (Fsp3) is 0.500. The van der Waals surface area contributed by atoms with E-state index >= 15 is 0 Å². The fourth-order valence-corrected chi connectivity index (χ4v) is 2.21. The highest BCUT2D eigenvalue weighted by Crippen LogP contribution is 2.32. The molecule has 1 aromatic carbocycles. The average molecular weight is 207 g/mol. The molecule has 1 heterocycles. The first kappa shape index (κ1) is 10.5. The van der Waals surface area contributed by atoms with Crippen LogP contribution in [0.25, 0.3) is 0 Å². The number of hydrogen-bond acceptors (Lipinski definition) is 3. The Labute approximate surface area is 90.1 Å². The van der Waals surface area contributed by atoms with E-state index in [0.29, 0.717) is 11.7 Å². The van der Waals surface area contributed by atoms with Crippen molar-refractivity contribution in [3.63, 3.8) is 0 Å². The molecule has 2 rings (SSSR count). The van der Waals surface area contributed by atoms with Crippen LogP contribution in [0.3, 0.4) is 0 Å². The number of phenols is 1. The summed E-state index contributed by atoms with van der Waals surface area (Å²) in [5.41, 5.74) is 0.968. The minimum absolute atomic E-state index is 0.189. The SMILES string of the molecule is CNC(c1ccccc1O)C1CCOC1. The first-order valence-corrected chi connectivity index (χ1v) is 5.36. The first-order valence-electron chi connectivity index (χ1n) is 5.36. The van der Waals surface area contributed by atoms with E-state index in [1.807, 2.05) is 25.2 Å². The smallest absolute Gasteiger partial charge is 0.120 e. The molecule has 1 saturated heterocycles. The van der Waals surface area contributed by atoms with E-state index in [4.69, 9.17) is 4.74 Å². The molecular weight excluding hydrogens is 190 g/mol. The van der Waals surface area contributed by atoms with Crippen molar-refractivity contribution in [1.29, 1.82) is 0 Å². The minimum atomic E-state index is 0.189. The summed E-state index contributed by atoms with van der Waals surface area (Å²) < 4.78 is 5.38. The van der Waals surface area contributed by atoms with Crippen LogP contribution in [-0.2, 0) is 4.74 Å². The fourth-order valence-electron chi connectivity index (χ4n) is 2.21. The van der Waals surface area contributed by atoms with Gasteiger partial charge in [-0.1, -0.05) is 18.2 Å². The topological polar surface area (TPSA) is 41.5 Å². The monoisotopic (exact) mass is 207 g/mol. The second-order valence-corrected chi connectivity index (χ2v) is 3.95. The van der Waals surface area contributed by atoms with Crippen molar-refractivity contribution >= 4 is 0 Å². The summed E-state index contributed by atoms with van der Waals surface area (Å²) in [4.78, 5) is 0. The Morgan fingerprint density at radius 1 is 1.47 bits per heavy atom. The molecule has 82 valence electrons. The summed E-state index contributed by atoms with van der Waals surface area (Å²) in [6.45, 7) is 1.61. The number of rotatable bonds is 3. The molecule has 0 saturated carbocycles. The van der Waals surface area contributed by atoms with Gasteiger partial charge in [-0.25, -0.2) is 0 Å². The molecule has 1 aromatic rings. The van der Waals surface area contributed by atoms with E-state index in [1.165, 1.54) is 0 Å². The molecule has 3 heteroatoms. The van der Waals surface area contributed by atoms with E-state index in [9.17, 15) is 5.11 Å². The third kappa shape index (κ3) is 2.13. The van der Waals surface area contributed by atoms with E-state index in [0.717, 1.165) is 25.2 Å². The summed E-state index contributed by atoms with van der Waals surface area (Å²) >= 11 is 0. The Balaban J connectivity index is 2.22. The number of aromatic hydroxyl groups is 1. The Morgan fingerprint density at radius 2 is 2.27 bits per heavy atom. The lowest BCUT2D eigenvalue weighted by atomic mass is 9.92. The maximum atomic E-state index is 9.79. The zero-order valence-electron chi connectivity index (χ0n) is 8.94. The molecule has 1 aliphatic rings. The lowest BCUT2D eigenvalue weighted by Gasteiger charge is -2.22. The molecule has 3 nitrogen and oxygen atoms in total. The Bertz CT molecular complexity index is 321. The molecule has 0 amide bonds. The molecule has 2 unspecified atom stereocenters. The number of phenolic OH excluding ortho intramolecular Hbond substituents is 1. The van der Waals surface area contributed by atoms with Gasteiger partial charge in [-0.05, 0) is 19.5 Å². The van der Waals surface area contributed by atoms with Crippen LogP contribution in [0.4, 0.5) is 0 Å². The number of benzene rings is 1. The third-order valence-corrected chi connectivity index (χ3v) is 3.02. The van der Waals surface area contributed by atoms with Gasteiger partial charge in [-0.3, -0.25) is 0 Å². The summed E-state index contributed by atoms with van der Waals surface area (Å²) in [7, 11) is 1.93. The van der Waals surface area contributed by atoms with Gasteiger partial charge in [0.05, 0.1) is 6.61 Å². The normalized spacial score (nSPS) is 22.9. The lowest BCUT2D eigenvalue weighted by molar-refractivity contribution is 0.177. The Kier molecular flexibility index (Phi) is 3.23. The largest absolute Gasteiger partial charge is 0.508 e. The standard InChI is InChI=1S/C12H17NO2/c1-13-12(9-6-7-15-8-9)10-4-2-3-5-11(10)14/h2-5,9,12-14H,6-8H2,1H3. The molecule has 2 atom stereocenters. The van der Waals surface area contributed by atoms with Crippen LogP contribution in [0.1, 0.15) is 18.0 Å². The second-order valence-electron chi connectivity index (χ2n) is 3.95. The van der Waals surface area contributed by atoms with Gasteiger partial charge in [-0.15, -0.1) is 0 Å². The first-order chi connectivity index (χ1) is 7.33. The maximum Gasteiger partial charge on any atom is 0.120 e. The van der Waals surface area contributed by atoms with Crippen LogP contribution >= 0.6 is 0 Å². The van der Waals surface area contributed by atoms with Crippen LogP contribution < -0.4 is 5.32 Å². The molecule has 1 fully saturated rings. The van der Waals surface area contributed by atoms with E-state index in [-0.39, 0.29) is 6.04 Å². The number of nitrogens with one attached hydrogen (secondary N) is 1. The average Bonchev–Trinajstić information content (AvgIpc) is 2.75. The van der Waals surface area contributed by atoms with Crippen LogP contribution in [0.5, 0.6) is 5.75 Å². The van der Waals surface area contributed by atoms with Crippen LogP contribution in [-0.4, -0.2) is 25.4 Å². The molecule has 0 radical (unpaired) electrons. The predicted molar refractivity (Wildman–Crippen MR) is 58.8 cm³/mol. The number of hydrogen-bond donors (Lipinski definition) is 2. The number of ether oxygens (including phenoxy) is 1. The van der Waals surface area contributed by atoms with Gasteiger partial charge in [0, 0.05) is 24.1 Å². The van der Waals surface area contributed by atoms with Gasteiger partial charge in [0.25, 0.3) is 0 Å². The molecule has 2 N–H and O–H groups in total. The molecule has 15 heavy (non-hydrogen) atoms. The van der Waals surface area contributed by atoms with Gasteiger partial charge < -0.3 is 15.2 Å². The van der Waals surface area contributed by atoms with Crippen molar-refractivity contribution in [3.8, 4) is 5.75 Å². The summed E-state index contributed by atoms with van der Waals surface area (Å²) in [5.74, 6) is 0.826. The minimum Gasteiger partial charge on any atom is -0.508 e. The Hall–Kier alpha value is -1.06. The van der Waals surface area contributed by atoms with E-state index < -0.39 is 0 Å². The molecule has 1 aliphatic heterocycles. The molecular formula is C12H17NO2. The van der Waals surface area contributed by atoms with Gasteiger partial charge in [0.15, 0.2) is 0 Å². The van der Waals surface area contributed by atoms with Crippen LogP contribution in [0, 0.1) is 5.92 Å². The molecule has 0 spiro atoms. The summed E-state index contributed by atoms with van der Waals surface area (Å²) in [5, 5.41) is 13.1. The van der Waals surface area contributed by atoms with Gasteiger partial charge >= 0.3 is 0 Å². The van der Waals surface area contributed by atoms with Crippen molar-refractivity contribution in [1.82, 2.24) is 5.32 Å². The highest BCUT2D eigenvalue weighted by molar-refractivity contribution is 5.35. The zero-order valence-corrected chi connectivity index (χ0v) is 8.94. The number of para-hydroxylation sites is 1. The van der Waals surface area contributed by atoms with Crippen LogP contribution in [0.15, 0.2) is 24.3 Å². The quantitative estimate of drug-likeness (QED) is 0.792. The predicted octanol–water partition coefficient (Wildman–Crippen LogP) is 1.69. The maximum absolute atomic E-state index is 9.79. The van der Waals surface area contributed by atoms with Crippen LogP contribution in [0.2, 0.25) is 0 Å². The zero-order chi connectivity index (χ0) is 10.7. The summed E-state index contributed by atoms with van der Waals surface area (Å²) in [6, 6.07) is 7.68. The van der Waals surface area contributed by atoms with Crippen molar-refractivity contribution < 1.29 is 9.84 Å². The molecule has 0 aliphatic carbocycles. The van der Waals surface area contributed by atoms with Gasteiger partial charge in [0.2, 0.25) is 0 Å². The highest BCUT2D eigenvalue weighted by Gasteiger charge is 2.27. The van der Waals surface area contributed by atoms with Crippen molar-refractivity contribution in [2.24, 2.45) is 5.92 Å². The summed E-state index contributed by atoms with van der Waals surface area (Å²) in [6.07, 6.45) is 1.06. The van der Waals surface area contributed by atoms with Gasteiger partial charge in [-0.2, -0.15) is 0 Å². The van der Waals surface area contributed by atoms with Gasteiger partial charge in [0.1, 0.15) is 5.75 Å². The van der Waals surface area contributed by atoms with E-state index in [2.05, 4.69) is 5.32 Å². The van der Waals surface area contributed by atoms with Crippen molar-refractivity contribution in [2.75, 3.05) is 20.3 Å². The second kappa shape index (κ2) is 4.64. The molecule has 0 bridgehead atoms. The molecule has 0 aromatic heterocycles. The third-order valence-electron chi connectivity index (χ3n) is 3.02. The highest BCUT2D eigenvalue weighted by atomic mass is 16.5. The van der Waals surface area contributed by atoms with E-state index in [1.54, 1.807) is 6.07 Å². The van der Waals surface area contributed by atoms with Crippen molar-refractivity contribution in [2.45, 2.75) is 12.5 Å². The lowest BCUT2D eigenvalue weighted by Crippen LogP contribution is -2.25.